The van der Waals surface area contributed by atoms with Gasteiger partial charge in [0.2, 0.25) is 5.91 Å². The second-order valence-electron chi connectivity index (χ2n) is 9.13. The Bertz CT molecular complexity index is 747. The van der Waals surface area contributed by atoms with Gasteiger partial charge in [-0.25, -0.2) is 0 Å². The Morgan fingerprint density at radius 3 is 2.64 bits per heavy atom. The van der Waals surface area contributed by atoms with Crippen molar-refractivity contribution in [2.75, 3.05) is 6.54 Å². The summed E-state index contributed by atoms with van der Waals surface area (Å²) in [5.41, 5.74) is 8.44. The molecule has 152 valence electrons. The molecule has 0 radical (unpaired) electrons. The maximum absolute atomic E-state index is 12.6. The summed E-state index contributed by atoms with van der Waals surface area (Å²) in [5.74, 6) is 1.75. The van der Waals surface area contributed by atoms with Gasteiger partial charge >= 0.3 is 0 Å². The zero-order chi connectivity index (χ0) is 20.0. The molecule has 28 heavy (non-hydrogen) atoms. The minimum atomic E-state index is -0.382. The number of carbonyl (C=O) groups excluding carboxylic acids is 1. The van der Waals surface area contributed by atoms with E-state index in [1.807, 2.05) is 0 Å². The highest BCUT2D eigenvalue weighted by Gasteiger charge is 2.53. The predicted molar refractivity (Wildman–Crippen MR) is 115 cm³/mol. The summed E-state index contributed by atoms with van der Waals surface area (Å²) in [6.07, 6.45) is 2.54. The van der Waals surface area contributed by atoms with Crippen LogP contribution in [0.2, 0.25) is 0 Å². The van der Waals surface area contributed by atoms with Crippen molar-refractivity contribution in [2.45, 2.75) is 56.4 Å². The van der Waals surface area contributed by atoms with Gasteiger partial charge < -0.3 is 16.2 Å². The molecule has 4 N–H and O–H groups in total. The predicted octanol–water partition coefficient (Wildman–Crippen LogP) is 3.23. The molecule has 0 aromatic heterocycles. The number of carbonyl (C=O) groups is 1. The van der Waals surface area contributed by atoms with E-state index >= 15 is 0 Å². The number of rotatable bonds is 4. The molecule has 3 aliphatic rings. The highest BCUT2D eigenvalue weighted by Crippen LogP contribution is 2.51. The van der Waals surface area contributed by atoms with Crippen molar-refractivity contribution in [2.24, 2.45) is 29.4 Å². The van der Waals surface area contributed by atoms with Crippen LogP contribution in [0.3, 0.4) is 0 Å². The van der Waals surface area contributed by atoms with E-state index in [2.05, 4.69) is 61.8 Å². The molecule has 2 fully saturated rings. The quantitative estimate of drug-likeness (QED) is 0.725. The fourth-order valence-electron chi connectivity index (χ4n) is 5.68. The van der Waals surface area contributed by atoms with Crippen LogP contribution < -0.4 is 11.1 Å². The third kappa shape index (κ3) is 3.31. The Kier molecular flexibility index (Phi) is 5.60. The van der Waals surface area contributed by atoms with Gasteiger partial charge in [0.1, 0.15) is 0 Å². The number of hydrogen-bond acceptors (Lipinski definition) is 4. The van der Waals surface area contributed by atoms with E-state index in [1.54, 1.807) is 11.8 Å². The fraction of sp³-hybridized carbons (Fsp3) is 0.609. The fourth-order valence-corrected chi connectivity index (χ4v) is 6.77. The van der Waals surface area contributed by atoms with Gasteiger partial charge in [-0.15, -0.1) is 11.8 Å². The summed E-state index contributed by atoms with van der Waals surface area (Å²) in [4.78, 5) is 12.6. The van der Waals surface area contributed by atoms with Gasteiger partial charge in [-0.2, -0.15) is 0 Å². The Morgan fingerprint density at radius 1 is 1.29 bits per heavy atom. The number of fused-ring (bicyclic) bond motifs is 3. The van der Waals surface area contributed by atoms with E-state index in [0.717, 1.165) is 6.42 Å². The second-order valence-corrected chi connectivity index (χ2v) is 10.2. The smallest absolute Gasteiger partial charge is 0.234 e. The molecule has 0 spiro atoms. The number of nitrogens with two attached hydrogens (primary N) is 1. The monoisotopic (exact) mass is 400 g/mol. The van der Waals surface area contributed by atoms with E-state index in [9.17, 15) is 9.90 Å². The van der Waals surface area contributed by atoms with Crippen molar-refractivity contribution >= 4 is 17.7 Å². The van der Waals surface area contributed by atoms with Crippen LogP contribution in [0.5, 0.6) is 0 Å². The largest absolute Gasteiger partial charge is 0.392 e. The molecule has 1 aliphatic carbocycles. The standard InChI is InChI=1S/C23H32N2O2S/c1-12(2)17(11-24)14-4-6-15(7-5-14)19-18(26)10-13(3)21-20(19)16-8-9-28-22(16)23(27)25-21/h4-9,12-13,16-22,26H,10-11,24H2,1-3H3,(H,25,27). The first-order valence-corrected chi connectivity index (χ1v) is 11.5. The van der Waals surface area contributed by atoms with Gasteiger partial charge in [-0.3, -0.25) is 4.79 Å². The number of piperidine rings is 1. The molecular formula is C23H32N2O2S. The second kappa shape index (κ2) is 7.85. The lowest BCUT2D eigenvalue weighted by Gasteiger charge is -2.51. The number of thioether (sulfide) groups is 1. The van der Waals surface area contributed by atoms with E-state index in [4.69, 9.17) is 5.73 Å². The lowest BCUT2D eigenvalue weighted by molar-refractivity contribution is -0.128. The van der Waals surface area contributed by atoms with E-state index in [-0.39, 0.29) is 47.0 Å². The van der Waals surface area contributed by atoms with Gasteiger partial charge in [0.05, 0.1) is 11.4 Å². The number of nitrogens with one attached hydrogen (secondary N) is 1. The summed E-state index contributed by atoms with van der Waals surface area (Å²) in [5, 5.41) is 16.4. The minimum absolute atomic E-state index is 0.0436. The minimum Gasteiger partial charge on any atom is -0.392 e. The van der Waals surface area contributed by atoms with Crippen molar-refractivity contribution in [3.8, 4) is 0 Å². The third-order valence-electron chi connectivity index (χ3n) is 7.17. The van der Waals surface area contributed by atoms with Crippen LogP contribution in [-0.2, 0) is 4.79 Å². The van der Waals surface area contributed by atoms with Crippen molar-refractivity contribution in [3.63, 3.8) is 0 Å². The van der Waals surface area contributed by atoms with Gasteiger partial charge in [0.25, 0.3) is 0 Å². The Hall–Kier alpha value is -1.30. The lowest BCUT2D eigenvalue weighted by atomic mass is 9.60. The molecule has 1 saturated heterocycles. The van der Waals surface area contributed by atoms with Crippen LogP contribution in [0.15, 0.2) is 35.7 Å². The van der Waals surface area contributed by atoms with Crippen molar-refractivity contribution in [3.05, 3.63) is 46.9 Å². The van der Waals surface area contributed by atoms with Gasteiger partial charge in [-0.05, 0) is 53.2 Å². The highest BCUT2D eigenvalue weighted by atomic mass is 32.2. The first kappa shape index (κ1) is 20.0. The third-order valence-corrected chi connectivity index (χ3v) is 8.30. The van der Waals surface area contributed by atoms with Gasteiger partial charge in [-0.1, -0.05) is 51.1 Å². The molecule has 1 saturated carbocycles. The molecule has 0 bridgehead atoms. The summed E-state index contributed by atoms with van der Waals surface area (Å²) < 4.78 is 0. The summed E-state index contributed by atoms with van der Waals surface area (Å²) in [7, 11) is 0. The van der Waals surface area contributed by atoms with Crippen LogP contribution >= 0.6 is 11.8 Å². The molecule has 1 amide bonds. The SMILES string of the molecule is CC(C)C(CN)c1ccc(C2C(O)CC(C)C3NC(=O)C4SC=CC4C32)cc1. The normalized spacial score (nSPS) is 38.1. The Labute approximate surface area is 172 Å². The Morgan fingerprint density at radius 2 is 2.00 bits per heavy atom. The van der Waals surface area contributed by atoms with Crippen LogP contribution in [0.4, 0.5) is 0 Å². The molecule has 1 aromatic rings. The van der Waals surface area contributed by atoms with Crippen molar-refractivity contribution in [1.29, 1.82) is 0 Å². The number of aliphatic hydroxyl groups is 1. The molecule has 1 aromatic carbocycles. The Balaban J connectivity index is 1.67. The summed E-state index contributed by atoms with van der Waals surface area (Å²) >= 11 is 1.61. The van der Waals surface area contributed by atoms with E-state index < -0.39 is 0 Å². The average molecular weight is 401 g/mol. The molecule has 4 nitrogen and oxygen atoms in total. The highest BCUT2D eigenvalue weighted by molar-refractivity contribution is 8.03. The van der Waals surface area contributed by atoms with E-state index in [1.165, 1.54) is 11.1 Å². The van der Waals surface area contributed by atoms with Crippen LogP contribution in [0.25, 0.3) is 0 Å². The van der Waals surface area contributed by atoms with Crippen LogP contribution in [0.1, 0.15) is 50.2 Å². The number of amides is 1. The number of hydrogen-bond donors (Lipinski definition) is 3. The first-order chi connectivity index (χ1) is 13.4. The first-order valence-electron chi connectivity index (χ1n) is 10.5. The summed E-state index contributed by atoms with van der Waals surface area (Å²) in [6.45, 7) is 7.21. The van der Waals surface area contributed by atoms with Crippen molar-refractivity contribution < 1.29 is 9.90 Å². The van der Waals surface area contributed by atoms with E-state index in [0.29, 0.717) is 18.4 Å². The summed E-state index contributed by atoms with van der Waals surface area (Å²) in [6, 6.07) is 8.85. The molecule has 4 rings (SSSR count). The molecule has 8 unspecified atom stereocenters. The van der Waals surface area contributed by atoms with Gasteiger partial charge in [0.15, 0.2) is 0 Å². The zero-order valence-electron chi connectivity index (χ0n) is 16.9. The molecule has 8 atom stereocenters. The molecule has 2 heterocycles. The lowest BCUT2D eigenvalue weighted by Crippen LogP contribution is -2.62. The average Bonchev–Trinajstić information content (AvgIpc) is 3.15. The number of benzene rings is 1. The molecule has 2 aliphatic heterocycles. The number of allylic oxidation sites excluding steroid dienone is 1. The number of aliphatic hydroxyl groups excluding tert-OH is 1. The van der Waals surface area contributed by atoms with Gasteiger partial charge in [0, 0.05) is 17.9 Å². The molecular weight excluding hydrogens is 368 g/mol. The van der Waals surface area contributed by atoms with Crippen molar-refractivity contribution in [1.82, 2.24) is 5.32 Å². The maximum Gasteiger partial charge on any atom is 0.234 e. The van der Waals surface area contributed by atoms with Crippen LogP contribution in [0, 0.1) is 23.7 Å². The van der Waals surface area contributed by atoms with Crippen LogP contribution in [-0.4, -0.2) is 35.0 Å². The zero-order valence-corrected chi connectivity index (χ0v) is 17.7. The topological polar surface area (TPSA) is 75.3 Å². The molecule has 5 heteroatoms. The maximum atomic E-state index is 12.6.